The Balaban J connectivity index is 2.11. The number of nitrogens with one attached hydrogen (secondary N) is 1. The van der Waals surface area contributed by atoms with E-state index in [1.165, 1.54) is 6.07 Å². The highest BCUT2D eigenvalue weighted by molar-refractivity contribution is 5.89. The molecule has 0 spiro atoms. The van der Waals surface area contributed by atoms with Gasteiger partial charge < -0.3 is 15.3 Å². The molecule has 1 aliphatic carbocycles. The summed E-state index contributed by atoms with van der Waals surface area (Å²) in [5.41, 5.74) is 0.944. The summed E-state index contributed by atoms with van der Waals surface area (Å²) in [5.74, 6) is -0.518. The monoisotopic (exact) mass is 291 g/mol. The molecule has 0 bridgehead atoms. The van der Waals surface area contributed by atoms with Gasteiger partial charge >= 0.3 is 5.97 Å². The Morgan fingerprint density at radius 2 is 2.14 bits per heavy atom. The van der Waals surface area contributed by atoms with Crippen LogP contribution in [-0.2, 0) is 11.2 Å². The third kappa shape index (κ3) is 4.44. The van der Waals surface area contributed by atoms with Crippen LogP contribution in [0.3, 0.4) is 0 Å². The zero-order chi connectivity index (χ0) is 15.4. The summed E-state index contributed by atoms with van der Waals surface area (Å²) in [6.07, 6.45) is 3.70. The normalized spacial score (nSPS) is 13.8. The highest BCUT2D eigenvalue weighted by Gasteiger charge is 2.24. The number of anilines is 1. The highest BCUT2D eigenvalue weighted by atomic mass is 16.4. The molecule has 1 aromatic heterocycles. The molecule has 0 aromatic carbocycles. The number of carbonyl (C=O) groups excluding carboxylic acids is 1. The van der Waals surface area contributed by atoms with Crippen LogP contribution < -0.4 is 10.2 Å². The van der Waals surface area contributed by atoms with Crippen molar-refractivity contribution >= 4 is 17.7 Å². The van der Waals surface area contributed by atoms with Crippen LogP contribution in [0.15, 0.2) is 12.1 Å². The summed E-state index contributed by atoms with van der Waals surface area (Å²) in [6, 6.07) is 3.42. The molecule has 0 aliphatic heterocycles. The Kier molecular flexibility index (Phi) is 4.77. The van der Waals surface area contributed by atoms with E-state index >= 15 is 0 Å². The Hall–Kier alpha value is -2.11. The van der Waals surface area contributed by atoms with Gasteiger partial charge in [-0.1, -0.05) is 13.3 Å². The maximum atomic E-state index is 11.8. The van der Waals surface area contributed by atoms with Gasteiger partial charge in [0.2, 0.25) is 5.91 Å². The minimum Gasteiger partial charge on any atom is -0.478 e. The fraction of sp³-hybridized carbons (Fsp3) is 0.533. The number of rotatable bonds is 7. The van der Waals surface area contributed by atoms with Gasteiger partial charge in [0.05, 0.1) is 12.1 Å². The number of aromatic carboxylic acids is 1. The number of carboxylic acids is 1. The Bertz CT molecular complexity index is 541. The molecule has 2 rings (SSSR count). The van der Waals surface area contributed by atoms with E-state index in [-0.39, 0.29) is 18.0 Å². The molecule has 0 unspecified atom stereocenters. The van der Waals surface area contributed by atoms with Crippen molar-refractivity contribution in [2.45, 2.75) is 38.6 Å². The zero-order valence-electron chi connectivity index (χ0n) is 12.4. The van der Waals surface area contributed by atoms with E-state index in [1.807, 2.05) is 6.92 Å². The van der Waals surface area contributed by atoms with Gasteiger partial charge in [-0.25, -0.2) is 9.78 Å². The first-order chi connectivity index (χ1) is 9.99. The summed E-state index contributed by atoms with van der Waals surface area (Å²) in [7, 11) is 1.75. The maximum absolute atomic E-state index is 11.8. The Morgan fingerprint density at radius 1 is 1.43 bits per heavy atom. The fourth-order valence-electron chi connectivity index (χ4n) is 2.07. The molecule has 1 amide bonds. The lowest BCUT2D eigenvalue weighted by atomic mass is 10.1. The first kappa shape index (κ1) is 15.3. The second kappa shape index (κ2) is 6.56. The zero-order valence-corrected chi connectivity index (χ0v) is 12.4. The molecule has 0 radical (unpaired) electrons. The summed E-state index contributed by atoms with van der Waals surface area (Å²) in [4.78, 5) is 29.1. The van der Waals surface area contributed by atoms with Crippen LogP contribution in [0.25, 0.3) is 0 Å². The summed E-state index contributed by atoms with van der Waals surface area (Å²) in [6.45, 7) is 2.19. The molecular formula is C15H21N3O3. The summed E-state index contributed by atoms with van der Waals surface area (Å²) < 4.78 is 0. The van der Waals surface area contributed by atoms with Crippen molar-refractivity contribution in [3.8, 4) is 0 Å². The van der Waals surface area contributed by atoms with E-state index in [9.17, 15) is 9.59 Å². The second-order valence-electron chi connectivity index (χ2n) is 5.46. The third-order valence-electron chi connectivity index (χ3n) is 3.33. The standard InChI is InChI=1S/C15H21N3O3/c1-3-4-12-7-10(15(20)21)8-13(16-12)18(2)9-14(19)17-11-5-6-11/h7-8,11H,3-6,9H2,1-2H3,(H,17,19)(H,20,21). The van der Waals surface area contributed by atoms with Crippen LogP contribution in [0.1, 0.15) is 42.2 Å². The molecule has 0 atom stereocenters. The van der Waals surface area contributed by atoms with Crippen LogP contribution in [0.2, 0.25) is 0 Å². The molecular weight excluding hydrogens is 270 g/mol. The van der Waals surface area contributed by atoms with Gasteiger partial charge in [0.15, 0.2) is 0 Å². The number of carbonyl (C=O) groups is 2. The minimum absolute atomic E-state index is 0.0560. The average molecular weight is 291 g/mol. The molecule has 1 aromatic rings. The SMILES string of the molecule is CCCc1cc(C(=O)O)cc(N(C)CC(=O)NC2CC2)n1. The van der Waals surface area contributed by atoms with Crippen molar-refractivity contribution < 1.29 is 14.7 Å². The minimum atomic E-state index is -0.980. The van der Waals surface area contributed by atoms with Crippen LogP contribution in [0.5, 0.6) is 0 Å². The highest BCUT2D eigenvalue weighted by Crippen LogP contribution is 2.19. The van der Waals surface area contributed by atoms with Crippen LogP contribution in [0, 0.1) is 0 Å². The Labute approximate surface area is 124 Å². The van der Waals surface area contributed by atoms with Crippen molar-refractivity contribution in [3.63, 3.8) is 0 Å². The maximum Gasteiger partial charge on any atom is 0.335 e. The lowest BCUT2D eigenvalue weighted by Crippen LogP contribution is -2.36. The van der Waals surface area contributed by atoms with E-state index in [2.05, 4.69) is 10.3 Å². The van der Waals surface area contributed by atoms with Crippen LogP contribution >= 0.6 is 0 Å². The van der Waals surface area contributed by atoms with E-state index in [0.717, 1.165) is 31.4 Å². The summed E-state index contributed by atoms with van der Waals surface area (Å²) in [5, 5.41) is 12.1. The number of nitrogens with zero attached hydrogens (tertiary/aromatic N) is 2. The quantitative estimate of drug-likeness (QED) is 0.794. The second-order valence-corrected chi connectivity index (χ2v) is 5.46. The molecule has 6 nitrogen and oxygen atoms in total. The van der Waals surface area contributed by atoms with Crippen molar-refractivity contribution in [2.24, 2.45) is 0 Å². The van der Waals surface area contributed by atoms with Gasteiger partial charge in [-0.05, 0) is 31.4 Å². The van der Waals surface area contributed by atoms with Gasteiger partial charge in [-0.3, -0.25) is 4.79 Å². The molecule has 1 aliphatic rings. The Morgan fingerprint density at radius 3 is 2.71 bits per heavy atom. The van der Waals surface area contributed by atoms with Gasteiger partial charge in [0.25, 0.3) is 0 Å². The van der Waals surface area contributed by atoms with Crippen molar-refractivity contribution in [1.29, 1.82) is 0 Å². The van der Waals surface area contributed by atoms with Crippen LogP contribution in [-0.4, -0.2) is 41.6 Å². The van der Waals surface area contributed by atoms with Crippen molar-refractivity contribution in [1.82, 2.24) is 10.3 Å². The molecule has 2 N–H and O–H groups in total. The van der Waals surface area contributed by atoms with Crippen molar-refractivity contribution in [2.75, 3.05) is 18.5 Å². The van der Waals surface area contributed by atoms with Gasteiger partial charge in [0, 0.05) is 18.8 Å². The lowest BCUT2D eigenvalue weighted by Gasteiger charge is -2.19. The fourth-order valence-corrected chi connectivity index (χ4v) is 2.07. The number of aromatic nitrogens is 1. The molecule has 21 heavy (non-hydrogen) atoms. The predicted molar refractivity (Wildman–Crippen MR) is 79.6 cm³/mol. The van der Waals surface area contributed by atoms with Gasteiger partial charge in [-0.2, -0.15) is 0 Å². The van der Waals surface area contributed by atoms with E-state index in [0.29, 0.717) is 11.9 Å². The number of hydrogen-bond donors (Lipinski definition) is 2. The average Bonchev–Trinajstić information content (AvgIpc) is 3.22. The number of likely N-dealkylation sites (N-methyl/N-ethyl adjacent to an activating group) is 1. The van der Waals surface area contributed by atoms with Gasteiger partial charge in [-0.15, -0.1) is 0 Å². The largest absolute Gasteiger partial charge is 0.478 e. The summed E-state index contributed by atoms with van der Waals surface area (Å²) >= 11 is 0. The predicted octanol–water partition coefficient (Wildman–Crippen LogP) is 1.45. The topological polar surface area (TPSA) is 82.5 Å². The van der Waals surface area contributed by atoms with E-state index < -0.39 is 5.97 Å². The smallest absolute Gasteiger partial charge is 0.335 e. The molecule has 0 saturated heterocycles. The molecule has 1 heterocycles. The first-order valence-corrected chi connectivity index (χ1v) is 7.24. The molecule has 6 heteroatoms. The molecule has 1 fully saturated rings. The third-order valence-corrected chi connectivity index (χ3v) is 3.33. The first-order valence-electron chi connectivity index (χ1n) is 7.24. The number of aryl methyl sites for hydroxylation is 1. The number of carboxylic acid groups (broad SMARTS) is 1. The molecule has 114 valence electrons. The van der Waals surface area contributed by atoms with Gasteiger partial charge in [0.1, 0.15) is 5.82 Å². The van der Waals surface area contributed by atoms with E-state index in [1.54, 1.807) is 18.0 Å². The molecule has 1 saturated carbocycles. The number of pyridine rings is 1. The van der Waals surface area contributed by atoms with Crippen LogP contribution in [0.4, 0.5) is 5.82 Å². The van der Waals surface area contributed by atoms with E-state index in [4.69, 9.17) is 5.11 Å². The number of amides is 1. The van der Waals surface area contributed by atoms with Crippen molar-refractivity contribution in [3.05, 3.63) is 23.4 Å². The number of hydrogen-bond acceptors (Lipinski definition) is 4. The lowest BCUT2D eigenvalue weighted by molar-refractivity contribution is -0.119.